The summed E-state index contributed by atoms with van der Waals surface area (Å²) >= 11 is 0. The standard InChI is InChI=1S/4C8H17.Ti/c4*1-3-5-7-8-6-4-2;/h4*5H,3-4,6-8H2,1-2H3;/q4*-1;+4. The van der Waals surface area contributed by atoms with Crippen molar-refractivity contribution in [2.45, 2.75) is 184 Å². The van der Waals surface area contributed by atoms with E-state index in [0.717, 1.165) is 0 Å². The Labute approximate surface area is 230 Å². The summed E-state index contributed by atoms with van der Waals surface area (Å²) in [4.78, 5) is 0. The van der Waals surface area contributed by atoms with E-state index in [4.69, 9.17) is 0 Å². The van der Waals surface area contributed by atoms with E-state index in [1.54, 1.807) is 0 Å². The fourth-order valence-corrected chi connectivity index (χ4v) is 2.97. The summed E-state index contributed by atoms with van der Waals surface area (Å²) in [6.07, 6.45) is 36.2. The van der Waals surface area contributed by atoms with Gasteiger partial charge in [-0.25, -0.2) is 0 Å². The molecule has 0 N–H and O–H groups in total. The average molecular weight is 501 g/mol. The molecule has 0 aromatic heterocycles. The van der Waals surface area contributed by atoms with E-state index in [0.29, 0.717) is 0 Å². The van der Waals surface area contributed by atoms with Crippen LogP contribution in [0, 0.1) is 25.7 Å². The Morgan fingerprint density at radius 1 is 0.303 bits per heavy atom. The topological polar surface area (TPSA) is 0 Å². The van der Waals surface area contributed by atoms with Gasteiger partial charge in [0.15, 0.2) is 0 Å². The van der Waals surface area contributed by atoms with Crippen LogP contribution in [0.3, 0.4) is 0 Å². The van der Waals surface area contributed by atoms with Crippen LogP contribution in [0.15, 0.2) is 0 Å². The van der Waals surface area contributed by atoms with E-state index in [9.17, 15) is 0 Å². The van der Waals surface area contributed by atoms with E-state index in [-0.39, 0.29) is 21.7 Å². The molecule has 0 amide bonds. The van der Waals surface area contributed by atoms with Crippen LogP contribution in [0.2, 0.25) is 0 Å². The number of hydrogen-bond acceptors (Lipinski definition) is 0. The van der Waals surface area contributed by atoms with Crippen molar-refractivity contribution < 1.29 is 21.7 Å². The summed E-state index contributed by atoms with van der Waals surface area (Å²) in [5.74, 6) is 0. The first kappa shape index (κ1) is 43.8. The minimum absolute atomic E-state index is 0. The predicted octanol–water partition coefficient (Wildman–Crippen LogP) is 12.7. The van der Waals surface area contributed by atoms with Crippen LogP contribution in [-0.2, 0) is 21.7 Å². The van der Waals surface area contributed by atoms with Crippen LogP contribution in [0.4, 0.5) is 0 Å². The Kier molecular flexibility index (Phi) is 71.4. The fourth-order valence-electron chi connectivity index (χ4n) is 2.97. The van der Waals surface area contributed by atoms with Crippen LogP contribution >= 0.6 is 0 Å². The Bertz CT molecular complexity index is 155. The molecule has 0 radical (unpaired) electrons. The van der Waals surface area contributed by atoms with Crippen molar-refractivity contribution in [3.63, 3.8) is 0 Å². The molecule has 0 heterocycles. The van der Waals surface area contributed by atoms with E-state index < -0.39 is 0 Å². The first-order valence-electron chi connectivity index (χ1n) is 14.9. The molecule has 0 nitrogen and oxygen atoms in total. The second-order valence-corrected chi connectivity index (χ2v) is 8.77. The maximum Gasteiger partial charge on any atom is 4.00 e. The van der Waals surface area contributed by atoms with Gasteiger partial charge < -0.3 is 25.7 Å². The predicted molar refractivity (Wildman–Crippen MR) is 155 cm³/mol. The molecule has 0 fully saturated rings. The van der Waals surface area contributed by atoms with Crippen LogP contribution in [-0.4, -0.2) is 0 Å². The normalized spacial score (nSPS) is 9.45. The van der Waals surface area contributed by atoms with Gasteiger partial charge in [0, 0.05) is 0 Å². The number of hydrogen-bond donors (Lipinski definition) is 0. The molecule has 200 valence electrons. The molecule has 1 heteroatoms. The maximum atomic E-state index is 2.36. The summed E-state index contributed by atoms with van der Waals surface area (Å²) in [5.41, 5.74) is 0. The van der Waals surface area contributed by atoms with Gasteiger partial charge in [0.2, 0.25) is 0 Å². The van der Waals surface area contributed by atoms with Crippen LogP contribution < -0.4 is 0 Å². The van der Waals surface area contributed by atoms with E-state index >= 15 is 0 Å². The molecule has 0 atom stereocenters. The van der Waals surface area contributed by atoms with E-state index in [2.05, 4.69) is 81.1 Å². The largest absolute Gasteiger partial charge is 4.00 e. The molecule has 0 bridgehead atoms. The monoisotopic (exact) mass is 500 g/mol. The van der Waals surface area contributed by atoms with E-state index in [1.807, 2.05) is 0 Å². The van der Waals surface area contributed by atoms with Gasteiger partial charge in [0.25, 0.3) is 0 Å². The molecule has 0 aromatic rings. The first-order valence-corrected chi connectivity index (χ1v) is 14.9. The van der Waals surface area contributed by atoms with Gasteiger partial charge in [0.1, 0.15) is 0 Å². The summed E-state index contributed by atoms with van der Waals surface area (Å²) in [7, 11) is 0. The molecule has 0 rings (SSSR count). The maximum absolute atomic E-state index is 2.36. The summed E-state index contributed by atoms with van der Waals surface area (Å²) in [5, 5.41) is 0. The second kappa shape index (κ2) is 53.9. The molecular formula is C32H68Ti. The molecule has 0 aromatic carbocycles. The van der Waals surface area contributed by atoms with Crippen LogP contribution in [0.25, 0.3) is 0 Å². The second-order valence-electron chi connectivity index (χ2n) is 8.77. The zero-order chi connectivity index (χ0) is 25.0. The third-order valence-corrected chi connectivity index (χ3v) is 5.20. The van der Waals surface area contributed by atoms with Gasteiger partial charge in [-0.3, -0.25) is 0 Å². The van der Waals surface area contributed by atoms with Crippen molar-refractivity contribution in [3.8, 4) is 0 Å². The van der Waals surface area contributed by atoms with Gasteiger partial charge in [-0.05, 0) is 0 Å². The van der Waals surface area contributed by atoms with Gasteiger partial charge in [-0.15, -0.1) is 0 Å². The summed E-state index contributed by atoms with van der Waals surface area (Å²) < 4.78 is 0. The smallest absolute Gasteiger partial charge is 0.329 e. The van der Waals surface area contributed by atoms with Crippen molar-refractivity contribution in [2.75, 3.05) is 0 Å². The molecule has 0 aliphatic rings. The number of rotatable bonds is 20. The van der Waals surface area contributed by atoms with Crippen LogP contribution in [0.5, 0.6) is 0 Å². The molecule has 0 aliphatic heterocycles. The summed E-state index contributed by atoms with van der Waals surface area (Å²) in [6, 6.07) is 0. The zero-order valence-electron chi connectivity index (χ0n) is 25.0. The van der Waals surface area contributed by atoms with Crippen molar-refractivity contribution in [3.05, 3.63) is 25.7 Å². The van der Waals surface area contributed by atoms with Gasteiger partial charge in [-0.1, -0.05) is 132 Å². The minimum Gasteiger partial charge on any atom is -0.329 e. The fraction of sp³-hybridized carbons (Fsp3) is 0.875. The minimum atomic E-state index is 0. The van der Waals surface area contributed by atoms with Crippen molar-refractivity contribution in [1.29, 1.82) is 0 Å². The SMILES string of the molecule is CC[CH-]CCCCC.CC[CH-]CCCCC.CC[CH-]CCCCC.CC[CH-]CCCCC.[Ti+4]. The van der Waals surface area contributed by atoms with Gasteiger partial charge >= 0.3 is 21.7 Å². The van der Waals surface area contributed by atoms with Crippen LogP contribution in [0.1, 0.15) is 184 Å². The first-order chi connectivity index (χ1) is 15.7. The molecule has 33 heavy (non-hydrogen) atoms. The third kappa shape index (κ3) is 71.9. The molecular weight excluding hydrogens is 432 g/mol. The Morgan fingerprint density at radius 2 is 0.485 bits per heavy atom. The van der Waals surface area contributed by atoms with E-state index in [1.165, 1.54) is 128 Å². The molecule has 0 aliphatic carbocycles. The zero-order valence-corrected chi connectivity index (χ0v) is 26.5. The van der Waals surface area contributed by atoms with Crippen molar-refractivity contribution in [2.24, 2.45) is 0 Å². The molecule has 0 saturated heterocycles. The van der Waals surface area contributed by atoms with Crippen molar-refractivity contribution in [1.82, 2.24) is 0 Å². The Hall–Kier alpha value is 0.714. The van der Waals surface area contributed by atoms with Gasteiger partial charge in [-0.2, -0.15) is 51.4 Å². The summed E-state index contributed by atoms with van der Waals surface area (Å²) in [6.45, 7) is 17.8. The average Bonchev–Trinajstić information content (AvgIpc) is 2.82. The van der Waals surface area contributed by atoms with Gasteiger partial charge in [0.05, 0.1) is 0 Å². The van der Waals surface area contributed by atoms with Crippen molar-refractivity contribution >= 4 is 0 Å². The Morgan fingerprint density at radius 3 is 0.606 bits per heavy atom. The molecule has 0 saturated carbocycles. The Balaban J connectivity index is -0.000000105. The molecule has 0 unspecified atom stereocenters. The molecule has 0 spiro atoms. The quantitative estimate of drug-likeness (QED) is 0.0885. The third-order valence-electron chi connectivity index (χ3n) is 5.20. The number of unbranched alkanes of at least 4 members (excludes halogenated alkanes) is 20.